The lowest BCUT2D eigenvalue weighted by molar-refractivity contribution is -0.384. The number of hydrogen-bond acceptors (Lipinski definition) is 5. The first-order chi connectivity index (χ1) is 9.67. The van der Waals surface area contributed by atoms with Crippen molar-refractivity contribution in [3.63, 3.8) is 0 Å². The Morgan fingerprint density at radius 2 is 2.20 bits per heavy atom. The molecule has 6 nitrogen and oxygen atoms in total. The number of anilines is 2. The summed E-state index contributed by atoms with van der Waals surface area (Å²) in [5.41, 5.74) is 0.106. The molecule has 0 aliphatic heterocycles. The van der Waals surface area contributed by atoms with Gasteiger partial charge in [0, 0.05) is 25.2 Å². The highest BCUT2D eigenvalue weighted by atomic mass is 16.6. The van der Waals surface area contributed by atoms with Gasteiger partial charge in [-0.1, -0.05) is 13.3 Å². The molecule has 6 heteroatoms. The van der Waals surface area contributed by atoms with Crippen LogP contribution in [0.5, 0.6) is 0 Å². The van der Waals surface area contributed by atoms with Crippen molar-refractivity contribution < 1.29 is 4.92 Å². The molecule has 0 aromatic carbocycles. The Hall–Kier alpha value is -1.85. The predicted molar refractivity (Wildman–Crippen MR) is 80.3 cm³/mol. The summed E-state index contributed by atoms with van der Waals surface area (Å²) < 4.78 is 0. The van der Waals surface area contributed by atoms with E-state index in [-0.39, 0.29) is 10.6 Å². The molecule has 2 rings (SSSR count). The van der Waals surface area contributed by atoms with Crippen molar-refractivity contribution >= 4 is 17.3 Å². The SMILES string of the molecule is CCCCN(c1nc(NCC)ccc1[N+](=O)[O-])C1CC1. The fourth-order valence-electron chi connectivity index (χ4n) is 2.25. The van der Waals surface area contributed by atoms with Gasteiger partial charge in [0.2, 0.25) is 5.82 Å². The fraction of sp³-hybridized carbons (Fsp3) is 0.643. The zero-order chi connectivity index (χ0) is 14.5. The maximum atomic E-state index is 11.2. The highest BCUT2D eigenvalue weighted by Gasteiger charge is 2.33. The number of aromatic nitrogens is 1. The Labute approximate surface area is 119 Å². The summed E-state index contributed by atoms with van der Waals surface area (Å²) >= 11 is 0. The van der Waals surface area contributed by atoms with Crippen LogP contribution in [0, 0.1) is 10.1 Å². The third-order valence-corrected chi connectivity index (χ3v) is 3.42. The number of rotatable bonds is 8. The van der Waals surface area contributed by atoms with Gasteiger partial charge in [-0.25, -0.2) is 4.98 Å². The van der Waals surface area contributed by atoms with E-state index in [1.165, 1.54) is 0 Å². The minimum atomic E-state index is -0.334. The largest absolute Gasteiger partial charge is 0.370 e. The minimum absolute atomic E-state index is 0.106. The lowest BCUT2D eigenvalue weighted by Crippen LogP contribution is -2.28. The van der Waals surface area contributed by atoms with Gasteiger partial charge in [-0.15, -0.1) is 0 Å². The molecular weight excluding hydrogens is 256 g/mol. The number of hydrogen-bond donors (Lipinski definition) is 1. The van der Waals surface area contributed by atoms with Crippen LogP contribution >= 0.6 is 0 Å². The van der Waals surface area contributed by atoms with Crippen LogP contribution in [0.15, 0.2) is 12.1 Å². The molecule has 1 aliphatic carbocycles. The van der Waals surface area contributed by atoms with E-state index in [9.17, 15) is 10.1 Å². The molecule has 0 bridgehead atoms. The maximum absolute atomic E-state index is 11.2. The van der Waals surface area contributed by atoms with Crippen molar-refractivity contribution in [3.8, 4) is 0 Å². The van der Waals surface area contributed by atoms with Crippen molar-refractivity contribution in [2.75, 3.05) is 23.3 Å². The van der Waals surface area contributed by atoms with Crippen LogP contribution in [0.3, 0.4) is 0 Å². The van der Waals surface area contributed by atoms with Gasteiger partial charge in [-0.3, -0.25) is 10.1 Å². The standard InChI is InChI=1S/C14H22N4O2/c1-3-5-10-17(11-6-7-11)14-12(18(19)20)8-9-13(16-14)15-4-2/h8-9,11H,3-7,10H2,1-2H3,(H,15,16). The van der Waals surface area contributed by atoms with Crippen LogP contribution < -0.4 is 10.2 Å². The van der Waals surface area contributed by atoms with E-state index in [0.717, 1.165) is 38.8 Å². The summed E-state index contributed by atoms with van der Waals surface area (Å²) in [6.07, 6.45) is 4.31. The molecule has 1 aliphatic rings. The summed E-state index contributed by atoms with van der Waals surface area (Å²) in [6, 6.07) is 3.65. The summed E-state index contributed by atoms with van der Waals surface area (Å²) in [6.45, 7) is 5.70. The van der Waals surface area contributed by atoms with Gasteiger partial charge >= 0.3 is 5.69 Å². The Kier molecular flexibility index (Phi) is 4.76. The first-order valence-electron chi connectivity index (χ1n) is 7.33. The van der Waals surface area contributed by atoms with Crippen LogP contribution in [0.4, 0.5) is 17.3 Å². The monoisotopic (exact) mass is 278 g/mol. The second-order valence-electron chi connectivity index (χ2n) is 5.10. The van der Waals surface area contributed by atoms with E-state index in [1.807, 2.05) is 6.92 Å². The molecule has 1 aromatic heterocycles. The molecule has 1 aromatic rings. The molecule has 0 radical (unpaired) electrons. The first kappa shape index (κ1) is 14.6. The molecule has 20 heavy (non-hydrogen) atoms. The first-order valence-corrected chi connectivity index (χ1v) is 7.33. The minimum Gasteiger partial charge on any atom is -0.370 e. The molecule has 0 saturated heterocycles. The Bertz CT molecular complexity index is 474. The molecule has 110 valence electrons. The molecule has 0 amide bonds. The molecule has 0 unspecified atom stereocenters. The van der Waals surface area contributed by atoms with Gasteiger partial charge in [0.25, 0.3) is 0 Å². The van der Waals surface area contributed by atoms with Gasteiger partial charge in [0.05, 0.1) is 4.92 Å². The number of nitrogens with zero attached hydrogens (tertiary/aromatic N) is 3. The Morgan fingerprint density at radius 1 is 1.45 bits per heavy atom. The normalized spacial score (nSPS) is 14.1. The van der Waals surface area contributed by atoms with E-state index in [2.05, 4.69) is 22.1 Å². The second kappa shape index (κ2) is 6.54. The average molecular weight is 278 g/mol. The molecule has 1 fully saturated rings. The van der Waals surface area contributed by atoms with Gasteiger partial charge in [0.1, 0.15) is 5.82 Å². The van der Waals surface area contributed by atoms with Gasteiger partial charge in [-0.05, 0) is 32.3 Å². The number of nitrogens with one attached hydrogen (secondary N) is 1. The summed E-state index contributed by atoms with van der Waals surface area (Å²) in [5.74, 6) is 1.22. The van der Waals surface area contributed by atoms with Gasteiger partial charge < -0.3 is 10.2 Å². The lowest BCUT2D eigenvalue weighted by atomic mass is 10.2. The third-order valence-electron chi connectivity index (χ3n) is 3.42. The zero-order valence-corrected chi connectivity index (χ0v) is 12.1. The van der Waals surface area contributed by atoms with E-state index >= 15 is 0 Å². The van der Waals surface area contributed by atoms with Gasteiger partial charge in [-0.2, -0.15) is 0 Å². The third kappa shape index (κ3) is 3.37. The van der Waals surface area contributed by atoms with E-state index in [4.69, 9.17) is 0 Å². The van der Waals surface area contributed by atoms with Crippen molar-refractivity contribution in [3.05, 3.63) is 22.2 Å². The van der Waals surface area contributed by atoms with E-state index in [0.29, 0.717) is 17.7 Å². The topological polar surface area (TPSA) is 71.3 Å². The van der Waals surface area contributed by atoms with Crippen LogP contribution in [-0.2, 0) is 0 Å². The number of unbranched alkanes of at least 4 members (excludes halogenated alkanes) is 1. The smallest absolute Gasteiger partial charge is 0.311 e. The number of nitro groups is 1. The van der Waals surface area contributed by atoms with Crippen LogP contribution in [-0.4, -0.2) is 29.0 Å². The van der Waals surface area contributed by atoms with Crippen LogP contribution in [0.2, 0.25) is 0 Å². The zero-order valence-electron chi connectivity index (χ0n) is 12.1. The number of pyridine rings is 1. The van der Waals surface area contributed by atoms with Crippen molar-refractivity contribution in [1.29, 1.82) is 0 Å². The van der Waals surface area contributed by atoms with E-state index in [1.54, 1.807) is 12.1 Å². The Morgan fingerprint density at radius 3 is 2.75 bits per heavy atom. The van der Waals surface area contributed by atoms with E-state index < -0.39 is 0 Å². The quantitative estimate of drug-likeness (QED) is 0.584. The molecular formula is C14H22N4O2. The Balaban J connectivity index is 2.32. The van der Waals surface area contributed by atoms with Crippen LogP contribution in [0.25, 0.3) is 0 Å². The predicted octanol–water partition coefficient (Wildman–Crippen LogP) is 3.19. The second-order valence-corrected chi connectivity index (χ2v) is 5.10. The molecule has 0 atom stereocenters. The fourth-order valence-corrected chi connectivity index (χ4v) is 2.25. The maximum Gasteiger partial charge on any atom is 0.311 e. The summed E-state index contributed by atoms with van der Waals surface area (Å²) in [7, 11) is 0. The van der Waals surface area contributed by atoms with Gasteiger partial charge in [0.15, 0.2) is 0 Å². The average Bonchev–Trinajstić information content (AvgIpc) is 3.24. The highest BCUT2D eigenvalue weighted by molar-refractivity contribution is 5.62. The summed E-state index contributed by atoms with van der Waals surface area (Å²) in [4.78, 5) is 17.5. The highest BCUT2D eigenvalue weighted by Crippen LogP contribution is 2.36. The molecule has 0 spiro atoms. The van der Waals surface area contributed by atoms with Crippen molar-refractivity contribution in [2.45, 2.75) is 45.6 Å². The van der Waals surface area contributed by atoms with Crippen LogP contribution in [0.1, 0.15) is 39.5 Å². The molecule has 1 N–H and O–H groups in total. The van der Waals surface area contributed by atoms with Crippen molar-refractivity contribution in [2.24, 2.45) is 0 Å². The molecule has 1 saturated carbocycles. The summed E-state index contributed by atoms with van der Waals surface area (Å²) in [5, 5.41) is 14.4. The van der Waals surface area contributed by atoms with Crippen molar-refractivity contribution in [1.82, 2.24) is 4.98 Å². The lowest BCUT2D eigenvalue weighted by Gasteiger charge is -2.23. The molecule has 1 heterocycles.